The van der Waals surface area contributed by atoms with Gasteiger partial charge in [-0.1, -0.05) is 19.1 Å². The van der Waals surface area contributed by atoms with E-state index in [0.29, 0.717) is 45.6 Å². The van der Waals surface area contributed by atoms with Gasteiger partial charge in [-0.25, -0.2) is 13.1 Å². The lowest BCUT2D eigenvalue weighted by Gasteiger charge is -2.25. The van der Waals surface area contributed by atoms with Gasteiger partial charge in [-0.05, 0) is 0 Å². The average Bonchev–Trinajstić information content (AvgIpc) is 2.95. The molecule has 0 amide bonds. The Labute approximate surface area is 160 Å². The fraction of sp³-hybridized carbons (Fsp3) is 0.875. The zero-order chi connectivity index (χ0) is 19.7. The van der Waals surface area contributed by atoms with Gasteiger partial charge in [0, 0.05) is 32.2 Å². The SMILES string of the molecule is CC(C)NCCOCCOCCn1nnc(CN2CCS(=O)(=O)CC2)c1F. The molecular formula is C16H30FN5O4S. The van der Waals surface area contributed by atoms with Crippen molar-refractivity contribution in [2.75, 3.05) is 57.6 Å². The first-order chi connectivity index (χ1) is 12.9. The molecule has 9 nitrogen and oxygen atoms in total. The van der Waals surface area contributed by atoms with Crippen LogP contribution in [0.1, 0.15) is 19.5 Å². The van der Waals surface area contributed by atoms with Crippen LogP contribution in [0.2, 0.25) is 0 Å². The predicted molar refractivity (Wildman–Crippen MR) is 98.7 cm³/mol. The number of nitrogens with one attached hydrogen (secondary N) is 1. The van der Waals surface area contributed by atoms with Crippen molar-refractivity contribution in [2.24, 2.45) is 0 Å². The smallest absolute Gasteiger partial charge is 0.236 e. The molecule has 2 rings (SSSR count). The third-order valence-electron chi connectivity index (χ3n) is 4.17. The first kappa shape index (κ1) is 22.2. The number of sulfone groups is 1. The van der Waals surface area contributed by atoms with Gasteiger partial charge in [-0.2, -0.15) is 4.39 Å². The van der Waals surface area contributed by atoms with E-state index in [1.54, 1.807) is 0 Å². The Balaban J connectivity index is 1.60. The molecule has 0 spiro atoms. The molecule has 0 saturated carbocycles. The van der Waals surface area contributed by atoms with Crippen LogP contribution in [0.25, 0.3) is 0 Å². The normalized spacial score (nSPS) is 17.6. The third-order valence-corrected chi connectivity index (χ3v) is 5.78. The van der Waals surface area contributed by atoms with Gasteiger partial charge in [0.05, 0.1) is 44.5 Å². The zero-order valence-corrected chi connectivity index (χ0v) is 16.9. The van der Waals surface area contributed by atoms with Crippen molar-refractivity contribution < 1.29 is 22.3 Å². The van der Waals surface area contributed by atoms with Gasteiger partial charge in [-0.15, -0.1) is 5.10 Å². The standard InChI is InChI=1S/C16H30FN5O4S/c1-14(2)18-3-7-25-9-10-26-8-4-22-16(17)15(19-20-22)13-21-5-11-27(23,24)12-6-21/h14,18H,3-13H2,1-2H3. The Kier molecular flexibility index (Phi) is 9.03. The Hall–Kier alpha value is -1.14. The first-order valence-electron chi connectivity index (χ1n) is 9.27. The van der Waals surface area contributed by atoms with Crippen LogP contribution in [0.3, 0.4) is 0 Å². The monoisotopic (exact) mass is 407 g/mol. The van der Waals surface area contributed by atoms with Crippen LogP contribution in [0.4, 0.5) is 4.39 Å². The highest BCUT2D eigenvalue weighted by Gasteiger charge is 2.24. The van der Waals surface area contributed by atoms with E-state index < -0.39 is 15.8 Å². The maximum absolute atomic E-state index is 14.3. The summed E-state index contributed by atoms with van der Waals surface area (Å²) in [7, 11) is -2.95. The summed E-state index contributed by atoms with van der Waals surface area (Å²) in [6, 6.07) is 0.440. The highest BCUT2D eigenvalue weighted by molar-refractivity contribution is 7.91. The van der Waals surface area contributed by atoms with Crippen LogP contribution in [-0.4, -0.2) is 91.9 Å². The van der Waals surface area contributed by atoms with Crippen LogP contribution in [-0.2, 0) is 32.4 Å². The fourth-order valence-electron chi connectivity index (χ4n) is 2.59. The minimum atomic E-state index is -2.95. The number of hydrogen-bond acceptors (Lipinski definition) is 8. The van der Waals surface area contributed by atoms with Crippen molar-refractivity contribution in [1.82, 2.24) is 25.2 Å². The Morgan fingerprint density at radius 1 is 1.15 bits per heavy atom. The minimum Gasteiger partial charge on any atom is -0.378 e. The lowest BCUT2D eigenvalue weighted by molar-refractivity contribution is 0.0436. The summed E-state index contributed by atoms with van der Waals surface area (Å²) >= 11 is 0. The van der Waals surface area contributed by atoms with Crippen LogP contribution in [0.15, 0.2) is 0 Å². The maximum atomic E-state index is 14.3. The quantitative estimate of drug-likeness (QED) is 0.471. The summed E-state index contributed by atoms with van der Waals surface area (Å²) in [5.74, 6) is -0.290. The van der Waals surface area contributed by atoms with Crippen molar-refractivity contribution in [3.05, 3.63) is 11.6 Å². The second kappa shape index (κ2) is 11.0. The number of aromatic nitrogens is 3. The largest absolute Gasteiger partial charge is 0.378 e. The molecule has 1 aliphatic heterocycles. The summed E-state index contributed by atoms with van der Waals surface area (Å²) in [5.41, 5.74) is 0.232. The number of nitrogens with zero attached hydrogens (tertiary/aromatic N) is 4. The summed E-state index contributed by atoms with van der Waals surface area (Å²) in [5, 5.41) is 10.9. The molecule has 0 aliphatic carbocycles. The molecule has 2 heterocycles. The van der Waals surface area contributed by atoms with Crippen molar-refractivity contribution >= 4 is 9.84 Å². The molecule has 1 saturated heterocycles. The number of hydrogen-bond donors (Lipinski definition) is 1. The predicted octanol–water partition coefficient (Wildman–Crippen LogP) is -0.321. The highest BCUT2D eigenvalue weighted by atomic mass is 32.2. The van der Waals surface area contributed by atoms with Gasteiger partial charge in [0.2, 0.25) is 5.95 Å². The molecule has 0 radical (unpaired) electrons. The maximum Gasteiger partial charge on any atom is 0.236 e. The van der Waals surface area contributed by atoms with Gasteiger partial charge in [0.25, 0.3) is 0 Å². The average molecular weight is 408 g/mol. The van der Waals surface area contributed by atoms with Crippen LogP contribution >= 0.6 is 0 Å². The van der Waals surface area contributed by atoms with E-state index in [1.807, 2.05) is 4.90 Å². The van der Waals surface area contributed by atoms with Gasteiger partial charge in [0.15, 0.2) is 9.84 Å². The molecule has 0 aromatic carbocycles. The van der Waals surface area contributed by atoms with Crippen LogP contribution in [0.5, 0.6) is 0 Å². The van der Waals surface area contributed by atoms with Gasteiger partial charge >= 0.3 is 0 Å². The summed E-state index contributed by atoms with van der Waals surface area (Å²) in [6.45, 7) is 8.14. The highest BCUT2D eigenvalue weighted by Crippen LogP contribution is 2.10. The lowest BCUT2D eigenvalue weighted by atomic mass is 10.4. The second-order valence-electron chi connectivity index (χ2n) is 6.81. The molecule has 11 heteroatoms. The number of ether oxygens (including phenoxy) is 2. The van der Waals surface area contributed by atoms with Gasteiger partial charge < -0.3 is 14.8 Å². The van der Waals surface area contributed by atoms with Crippen LogP contribution < -0.4 is 5.32 Å². The molecule has 1 fully saturated rings. The fourth-order valence-corrected chi connectivity index (χ4v) is 3.87. The number of halogens is 1. The summed E-state index contributed by atoms with van der Waals surface area (Å²) in [6.07, 6.45) is 0. The third kappa shape index (κ3) is 8.18. The molecule has 1 aromatic rings. The molecular weight excluding hydrogens is 377 g/mol. The van der Waals surface area contributed by atoms with E-state index in [1.165, 1.54) is 4.68 Å². The lowest BCUT2D eigenvalue weighted by Crippen LogP contribution is -2.39. The molecule has 1 N–H and O–H groups in total. The first-order valence-corrected chi connectivity index (χ1v) is 11.1. The molecule has 27 heavy (non-hydrogen) atoms. The topological polar surface area (TPSA) is 98.6 Å². The summed E-state index contributed by atoms with van der Waals surface area (Å²) in [4.78, 5) is 1.88. The Morgan fingerprint density at radius 2 is 1.81 bits per heavy atom. The molecule has 156 valence electrons. The molecule has 1 aliphatic rings. The Morgan fingerprint density at radius 3 is 2.48 bits per heavy atom. The zero-order valence-electron chi connectivity index (χ0n) is 16.1. The van der Waals surface area contributed by atoms with E-state index >= 15 is 0 Å². The summed E-state index contributed by atoms with van der Waals surface area (Å²) < 4.78 is 49.2. The van der Waals surface area contributed by atoms with Crippen LogP contribution in [0, 0.1) is 5.95 Å². The van der Waals surface area contributed by atoms with E-state index in [2.05, 4.69) is 29.5 Å². The van der Waals surface area contributed by atoms with Crippen molar-refractivity contribution in [2.45, 2.75) is 33.0 Å². The van der Waals surface area contributed by atoms with Crippen molar-refractivity contribution in [3.8, 4) is 0 Å². The van der Waals surface area contributed by atoms with E-state index in [0.717, 1.165) is 6.54 Å². The number of rotatable bonds is 12. The molecule has 0 bridgehead atoms. The Bertz CT molecular complexity index is 654. The van der Waals surface area contributed by atoms with E-state index in [9.17, 15) is 12.8 Å². The van der Waals surface area contributed by atoms with Crippen molar-refractivity contribution in [1.29, 1.82) is 0 Å². The van der Waals surface area contributed by atoms with E-state index in [4.69, 9.17) is 9.47 Å². The van der Waals surface area contributed by atoms with Gasteiger partial charge in [0.1, 0.15) is 5.69 Å². The molecule has 0 unspecified atom stereocenters. The van der Waals surface area contributed by atoms with Gasteiger partial charge in [-0.3, -0.25) is 4.90 Å². The minimum absolute atomic E-state index is 0.103. The van der Waals surface area contributed by atoms with E-state index in [-0.39, 0.29) is 30.3 Å². The molecule has 1 aromatic heterocycles. The molecule has 0 atom stereocenters. The van der Waals surface area contributed by atoms with Crippen molar-refractivity contribution in [3.63, 3.8) is 0 Å². The second-order valence-corrected chi connectivity index (χ2v) is 9.12.